The first-order valence-electron chi connectivity index (χ1n) is 6.88. The average Bonchev–Trinajstić information content (AvgIpc) is 3.08. The lowest BCUT2D eigenvalue weighted by Gasteiger charge is -2.25. The number of hydrogen-bond acceptors (Lipinski definition) is 4. The second-order valence-electron chi connectivity index (χ2n) is 5.25. The van der Waals surface area contributed by atoms with Crippen LogP contribution in [0.1, 0.15) is 23.4 Å². The Hall–Kier alpha value is -2.40. The van der Waals surface area contributed by atoms with Crippen LogP contribution in [0.2, 0.25) is 0 Å². The molecule has 1 aromatic carbocycles. The second kappa shape index (κ2) is 5.42. The average molecular weight is 313 g/mol. The van der Waals surface area contributed by atoms with E-state index in [0.29, 0.717) is 5.69 Å². The Morgan fingerprint density at radius 2 is 1.91 bits per heavy atom. The van der Waals surface area contributed by atoms with E-state index >= 15 is 0 Å². The van der Waals surface area contributed by atoms with Gasteiger partial charge in [0.05, 0.1) is 5.57 Å². The van der Waals surface area contributed by atoms with E-state index < -0.39 is 17.7 Å². The minimum Gasteiger partial charge on any atom is -0.503 e. The molecule has 2 heterocycles. The molecule has 1 N–H and O–H groups in total. The van der Waals surface area contributed by atoms with Gasteiger partial charge in [0.25, 0.3) is 5.91 Å². The molecule has 0 bridgehead atoms. The van der Waals surface area contributed by atoms with Crippen molar-refractivity contribution in [3.05, 3.63) is 63.6 Å². The number of aryl methyl sites for hydroxylation is 1. The Morgan fingerprint density at radius 1 is 1.23 bits per heavy atom. The van der Waals surface area contributed by atoms with Crippen molar-refractivity contribution in [3.63, 3.8) is 0 Å². The van der Waals surface area contributed by atoms with Crippen molar-refractivity contribution in [3.8, 4) is 0 Å². The quantitative estimate of drug-likeness (QED) is 0.943. The topological polar surface area (TPSA) is 57.6 Å². The van der Waals surface area contributed by atoms with E-state index in [-0.39, 0.29) is 11.4 Å². The summed E-state index contributed by atoms with van der Waals surface area (Å²) in [5.41, 5.74) is 1.90. The molecule has 0 unspecified atom stereocenters. The fourth-order valence-corrected chi connectivity index (χ4v) is 3.48. The summed E-state index contributed by atoms with van der Waals surface area (Å²) in [6, 6.07) is 10.6. The third-order valence-electron chi connectivity index (χ3n) is 3.71. The molecule has 1 amide bonds. The van der Waals surface area contributed by atoms with Crippen LogP contribution in [0.25, 0.3) is 0 Å². The zero-order valence-corrected chi connectivity index (χ0v) is 13.1. The van der Waals surface area contributed by atoms with Gasteiger partial charge < -0.3 is 5.11 Å². The Bertz CT molecular complexity index is 760. The van der Waals surface area contributed by atoms with E-state index in [1.165, 1.54) is 23.2 Å². The molecule has 2 aromatic rings. The summed E-state index contributed by atoms with van der Waals surface area (Å²) < 4.78 is 0. The zero-order valence-electron chi connectivity index (χ0n) is 12.2. The SMILES string of the molecule is CC(=O)C1=C(O)C(=O)N(c2ccc(C)cc2)[C@H]1c1cccs1. The van der Waals surface area contributed by atoms with E-state index in [9.17, 15) is 14.7 Å². The van der Waals surface area contributed by atoms with Gasteiger partial charge in [0.1, 0.15) is 6.04 Å². The molecule has 0 aliphatic carbocycles. The summed E-state index contributed by atoms with van der Waals surface area (Å²) in [4.78, 5) is 26.8. The summed E-state index contributed by atoms with van der Waals surface area (Å²) in [6.07, 6.45) is 0. The molecule has 1 aromatic heterocycles. The van der Waals surface area contributed by atoms with Crippen molar-refractivity contribution in [1.29, 1.82) is 0 Å². The van der Waals surface area contributed by atoms with Crippen molar-refractivity contribution in [2.75, 3.05) is 4.90 Å². The standard InChI is InChI=1S/C17H15NO3S/c1-10-5-7-12(8-6-10)18-15(13-4-3-9-22-13)14(11(2)19)16(20)17(18)21/h3-9,15,20H,1-2H3/t15-/m0/s1. The normalized spacial score (nSPS) is 18.2. The van der Waals surface area contributed by atoms with Crippen molar-refractivity contribution in [2.24, 2.45) is 0 Å². The predicted octanol–water partition coefficient (Wildman–Crippen LogP) is 3.55. The fraction of sp³-hybridized carbons (Fsp3) is 0.176. The number of hydrogen-bond donors (Lipinski definition) is 1. The van der Waals surface area contributed by atoms with Gasteiger partial charge in [-0.05, 0) is 37.4 Å². The number of carbonyl (C=O) groups is 2. The predicted molar refractivity (Wildman–Crippen MR) is 86.1 cm³/mol. The van der Waals surface area contributed by atoms with E-state index in [1.54, 1.807) is 0 Å². The van der Waals surface area contributed by atoms with Crippen LogP contribution in [-0.4, -0.2) is 16.8 Å². The number of amides is 1. The molecular formula is C17H15NO3S. The maximum atomic E-state index is 12.5. The highest BCUT2D eigenvalue weighted by atomic mass is 32.1. The van der Waals surface area contributed by atoms with Crippen LogP contribution in [0.3, 0.4) is 0 Å². The second-order valence-corrected chi connectivity index (χ2v) is 6.23. The highest BCUT2D eigenvalue weighted by molar-refractivity contribution is 7.10. The molecule has 0 spiro atoms. The summed E-state index contributed by atoms with van der Waals surface area (Å²) in [6.45, 7) is 3.33. The molecule has 5 heteroatoms. The number of rotatable bonds is 3. The Labute approximate surface area is 132 Å². The largest absolute Gasteiger partial charge is 0.503 e. The number of aliphatic hydroxyl groups excluding tert-OH is 1. The van der Waals surface area contributed by atoms with Gasteiger partial charge in [0.15, 0.2) is 11.5 Å². The Morgan fingerprint density at radius 3 is 2.45 bits per heavy atom. The summed E-state index contributed by atoms with van der Waals surface area (Å²) in [5.74, 6) is -1.28. The van der Waals surface area contributed by atoms with Gasteiger partial charge in [-0.2, -0.15) is 0 Å². The Balaban J connectivity index is 2.15. The summed E-state index contributed by atoms with van der Waals surface area (Å²) >= 11 is 1.46. The summed E-state index contributed by atoms with van der Waals surface area (Å²) in [5, 5.41) is 12.0. The molecule has 0 saturated heterocycles. The van der Waals surface area contributed by atoms with Crippen LogP contribution >= 0.6 is 11.3 Å². The number of Topliss-reactive ketones (excluding diaryl/α,β-unsaturated/α-hetero) is 1. The van der Waals surface area contributed by atoms with Gasteiger partial charge in [-0.25, -0.2) is 0 Å². The zero-order chi connectivity index (χ0) is 15.9. The first-order valence-corrected chi connectivity index (χ1v) is 7.76. The maximum Gasteiger partial charge on any atom is 0.294 e. The van der Waals surface area contributed by atoms with Crippen molar-refractivity contribution in [2.45, 2.75) is 19.9 Å². The lowest BCUT2D eigenvalue weighted by Crippen LogP contribution is -2.30. The van der Waals surface area contributed by atoms with Gasteiger partial charge in [-0.3, -0.25) is 14.5 Å². The van der Waals surface area contributed by atoms with Gasteiger partial charge in [0, 0.05) is 10.6 Å². The molecular weight excluding hydrogens is 298 g/mol. The van der Waals surface area contributed by atoms with Crippen molar-refractivity contribution >= 4 is 28.7 Å². The van der Waals surface area contributed by atoms with Gasteiger partial charge in [-0.15, -0.1) is 11.3 Å². The molecule has 0 saturated carbocycles. The molecule has 0 radical (unpaired) electrons. The van der Waals surface area contributed by atoms with Crippen LogP contribution in [0.5, 0.6) is 0 Å². The van der Waals surface area contributed by atoms with Crippen LogP contribution < -0.4 is 4.90 Å². The van der Waals surface area contributed by atoms with Gasteiger partial charge in [-0.1, -0.05) is 23.8 Å². The number of carbonyl (C=O) groups excluding carboxylic acids is 2. The lowest BCUT2D eigenvalue weighted by atomic mass is 10.0. The van der Waals surface area contributed by atoms with Gasteiger partial charge in [0.2, 0.25) is 0 Å². The number of ketones is 1. The van der Waals surface area contributed by atoms with Gasteiger partial charge >= 0.3 is 0 Å². The number of thiophene rings is 1. The van der Waals surface area contributed by atoms with E-state index in [4.69, 9.17) is 0 Å². The summed E-state index contributed by atoms with van der Waals surface area (Å²) in [7, 11) is 0. The van der Waals surface area contributed by atoms with E-state index in [1.807, 2.05) is 48.7 Å². The minimum absolute atomic E-state index is 0.160. The smallest absolute Gasteiger partial charge is 0.294 e. The highest BCUT2D eigenvalue weighted by Gasteiger charge is 2.43. The molecule has 1 aliphatic rings. The monoisotopic (exact) mass is 313 g/mol. The number of benzene rings is 1. The fourth-order valence-electron chi connectivity index (χ4n) is 2.65. The number of anilines is 1. The third kappa shape index (κ3) is 2.23. The van der Waals surface area contributed by atoms with Crippen molar-refractivity contribution < 1.29 is 14.7 Å². The van der Waals surface area contributed by atoms with E-state index in [2.05, 4.69) is 0 Å². The minimum atomic E-state index is -0.562. The van der Waals surface area contributed by atoms with Crippen LogP contribution in [-0.2, 0) is 9.59 Å². The molecule has 1 atom stereocenters. The van der Waals surface area contributed by atoms with Crippen LogP contribution in [0.4, 0.5) is 5.69 Å². The van der Waals surface area contributed by atoms with E-state index in [0.717, 1.165) is 10.4 Å². The first-order chi connectivity index (χ1) is 10.5. The van der Waals surface area contributed by atoms with Crippen LogP contribution in [0, 0.1) is 6.92 Å². The maximum absolute atomic E-state index is 12.5. The first kappa shape index (κ1) is 14.5. The lowest BCUT2D eigenvalue weighted by molar-refractivity contribution is -0.117. The number of aliphatic hydroxyl groups is 1. The molecule has 1 aliphatic heterocycles. The molecule has 0 fully saturated rings. The molecule has 3 rings (SSSR count). The molecule has 112 valence electrons. The van der Waals surface area contributed by atoms with Crippen molar-refractivity contribution in [1.82, 2.24) is 0 Å². The number of nitrogens with zero attached hydrogens (tertiary/aromatic N) is 1. The molecule has 4 nitrogen and oxygen atoms in total. The molecule has 22 heavy (non-hydrogen) atoms. The highest BCUT2D eigenvalue weighted by Crippen LogP contribution is 2.42. The Kier molecular flexibility index (Phi) is 3.58. The third-order valence-corrected chi connectivity index (χ3v) is 4.64. The van der Waals surface area contributed by atoms with Crippen LogP contribution in [0.15, 0.2) is 53.1 Å².